The highest BCUT2D eigenvalue weighted by Gasteiger charge is 2.42. The van der Waals surface area contributed by atoms with E-state index < -0.39 is 5.79 Å². The van der Waals surface area contributed by atoms with Crippen LogP contribution in [-0.2, 0) is 4.79 Å². The molecule has 1 aliphatic carbocycles. The molecule has 7 heteroatoms. The minimum absolute atomic E-state index is 0.166. The molecule has 1 aromatic heterocycles. The van der Waals surface area contributed by atoms with Gasteiger partial charge < -0.3 is 14.8 Å². The second kappa shape index (κ2) is 7.49. The van der Waals surface area contributed by atoms with Crippen LogP contribution < -0.4 is 14.8 Å². The van der Waals surface area contributed by atoms with E-state index in [-0.39, 0.29) is 11.7 Å². The summed E-state index contributed by atoms with van der Waals surface area (Å²) in [6.45, 7) is 0. The van der Waals surface area contributed by atoms with Gasteiger partial charge in [-0.25, -0.2) is 4.98 Å². The predicted molar refractivity (Wildman–Crippen MR) is 102 cm³/mol. The standard InChI is InChI=1S/C20H19N3O3S/c21-12-14-5-4-10-22-19(14)27-13-18(24)23-15-6-7-16-17(11-15)26-20(25-16)8-2-1-3-9-20/h4-7,10-11H,1-3,8-9,13H2,(H,23,24). The van der Waals surface area contributed by atoms with E-state index in [9.17, 15) is 4.79 Å². The number of nitrogens with one attached hydrogen (secondary N) is 1. The van der Waals surface area contributed by atoms with E-state index in [4.69, 9.17) is 14.7 Å². The number of fused-ring (bicyclic) bond motifs is 1. The molecule has 2 heterocycles. The first-order valence-corrected chi connectivity index (χ1v) is 9.96. The first kappa shape index (κ1) is 17.7. The third-order valence-corrected chi connectivity index (χ3v) is 5.67. The zero-order valence-electron chi connectivity index (χ0n) is 14.7. The minimum atomic E-state index is -0.522. The Morgan fingerprint density at radius 3 is 2.85 bits per heavy atom. The molecule has 0 saturated heterocycles. The molecular weight excluding hydrogens is 362 g/mol. The number of pyridine rings is 1. The molecule has 0 atom stereocenters. The first-order valence-electron chi connectivity index (χ1n) is 8.97. The summed E-state index contributed by atoms with van der Waals surface area (Å²) >= 11 is 1.24. The molecule has 2 aliphatic rings. The lowest BCUT2D eigenvalue weighted by molar-refractivity contribution is -0.113. The molecule has 138 valence electrons. The Balaban J connectivity index is 1.37. The van der Waals surface area contributed by atoms with Crippen LogP contribution in [0.1, 0.15) is 37.7 Å². The molecule has 1 fully saturated rings. The van der Waals surface area contributed by atoms with Crippen LogP contribution in [-0.4, -0.2) is 22.4 Å². The molecule has 1 spiro atoms. The van der Waals surface area contributed by atoms with E-state index in [1.165, 1.54) is 18.2 Å². The average Bonchev–Trinajstić information content (AvgIpc) is 3.03. The van der Waals surface area contributed by atoms with Crippen LogP contribution in [0.15, 0.2) is 41.6 Å². The molecule has 1 aliphatic heterocycles. The lowest BCUT2D eigenvalue weighted by Crippen LogP contribution is -2.40. The van der Waals surface area contributed by atoms with Gasteiger partial charge in [0.15, 0.2) is 11.5 Å². The Kier molecular flexibility index (Phi) is 4.90. The molecule has 1 N–H and O–H groups in total. The van der Waals surface area contributed by atoms with Crippen molar-refractivity contribution in [3.05, 3.63) is 42.1 Å². The summed E-state index contributed by atoms with van der Waals surface area (Å²) < 4.78 is 12.1. The zero-order chi connectivity index (χ0) is 18.7. The average molecular weight is 381 g/mol. The number of anilines is 1. The Morgan fingerprint density at radius 2 is 2.04 bits per heavy atom. The number of aromatic nitrogens is 1. The zero-order valence-corrected chi connectivity index (χ0v) is 15.6. The molecule has 6 nitrogen and oxygen atoms in total. The van der Waals surface area contributed by atoms with Gasteiger partial charge in [0.25, 0.3) is 5.79 Å². The number of hydrogen-bond donors (Lipinski definition) is 1. The lowest BCUT2D eigenvalue weighted by atomic mass is 9.94. The van der Waals surface area contributed by atoms with Crippen LogP contribution >= 0.6 is 11.8 Å². The summed E-state index contributed by atoms with van der Waals surface area (Å²) in [5.41, 5.74) is 1.13. The van der Waals surface area contributed by atoms with Crippen molar-refractivity contribution in [2.45, 2.75) is 42.9 Å². The van der Waals surface area contributed by atoms with Crippen LogP contribution in [0.2, 0.25) is 0 Å². The van der Waals surface area contributed by atoms with Crippen molar-refractivity contribution in [1.82, 2.24) is 4.98 Å². The number of rotatable bonds is 4. The van der Waals surface area contributed by atoms with E-state index in [2.05, 4.69) is 16.4 Å². The fourth-order valence-corrected chi connectivity index (χ4v) is 4.13. The second-order valence-corrected chi connectivity index (χ2v) is 7.61. The fourth-order valence-electron chi connectivity index (χ4n) is 3.39. The van der Waals surface area contributed by atoms with Gasteiger partial charge >= 0.3 is 0 Å². The summed E-state index contributed by atoms with van der Waals surface area (Å²) in [5, 5.41) is 12.5. The van der Waals surface area contributed by atoms with Crippen molar-refractivity contribution < 1.29 is 14.3 Å². The first-order chi connectivity index (χ1) is 13.2. The Labute approximate surface area is 161 Å². The molecule has 27 heavy (non-hydrogen) atoms. The van der Waals surface area contributed by atoms with Gasteiger partial charge in [-0.2, -0.15) is 5.26 Å². The van der Waals surface area contributed by atoms with Gasteiger partial charge in [0.05, 0.1) is 11.3 Å². The molecule has 0 bridgehead atoms. The molecule has 4 rings (SSSR count). The molecular formula is C20H19N3O3S. The quantitative estimate of drug-likeness (QED) is 0.802. The number of carbonyl (C=O) groups excluding carboxylic acids is 1. The molecule has 1 saturated carbocycles. The minimum Gasteiger partial charge on any atom is -0.448 e. The smallest absolute Gasteiger partial charge is 0.251 e. The molecule has 1 amide bonds. The summed E-state index contributed by atoms with van der Waals surface area (Å²) in [7, 11) is 0. The van der Waals surface area contributed by atoms with E-state index in [0.29, 0.717) is 22.0 Å². The van der Waals surface area contributed by atoms with Gasteiger partial charge in [-0.1, -0.05) is 18.2 Å². The van der Waals surface area contributed by atoms with E-state index in [1.54, 1.807) is 18.3 Å². The number of amides is 1. The summed E-state index contributed by atoms with van der Waals surface area (Å²) in [6.07, 6.45) is 6.82. The number of nitriles is 1. The topological polar surface area (TPSA) is 84.2 Å². The normalized spacial score (nSPS) is 16.7. The van der Waals surface area contributed by atoms with Crippen molar-refractivity contribution in [2.24, 2.45) is 0 Å². The molecule has 0 unspecified atom stereocenters. The Hall–Kier alpha value is -2.72. The van der Waals surface area contributed by atoms with Gasteiger partial charge in [0.1, 0.15) is 11.1 Å². The maximum atomic E-state index is 12.3. The van der Waals surface area contributed by atoms with Crippen molar-refractivity contribution >= 4 is 23.4 Å². The van der Waals surface area contributed by atoms with E-state index in [0.717, 1.165) is 31.4 Å². The SMILES string of the molecule is N#Cc1cccnc1SCC(=O)Nc1ccc2c(c1)OC1(CCCCC1)O2. The van der Waals surface area contributed by atoms with Gasteiger partial charge in [-0.05, 0) is 37.1 Å². The summed E-state index contributed by atoms with van der Waals surface area (Å²) in [4.78, 5) is 16.4. The van der Waals surface area contributed by atoms with Crippen LogP contribution in [0.3, 0.4) is 0 Å². The van der Waals surface area contributed by atoms with E-state index in [1.807, 2.05) is 18.2 Å². The highest BCUT2D eigenvalue weighted by atomic mass is 32.2. The predicted octanol–water partition coefficient (Wildman–Crippen LogP) is 4.12. The summed E-state index contributed by atoms with van der Waals surface area (Å²) in [6, 6.07) is 10.9. The van der Waals surface area contributed by atoms with Crippen LogP contribution in [0, 0.1) is 11.3 Å². The fraction of sp³-hybridized carbons (Fsp3) is 0.350. The lowest BCUT2D eigenvalue weighted by Gasteiger charge is -2.31. The van der Waals surface area contributed by atoms with Crippen LogP contribution in [0.4, 0.5) is 5.69 Å². The van der Waals surface area contributed by atoms with Crippen molar-refractivity contribution in [3.8, 4) is 17.6 Å². The van der Waals surface area contributed by atoms with Gasteiger partial charge in [0.2, 0.25) is 5.91 Å². The van der Waals surface area contributed by atoms with Gasteiger partial charge in [0, 0.05) is 30.8 Å². The van der Waals surface area contributed by atoms with Crippen molar-refractivity contribution in [3.63, 3.8) is 0 Å². The maximum absolute atomic E-state index is 12.3. The third-order valence-electron chi connectivity index (χ3n) is 4.67. The number of carbonyl (C=O) groups is 1. The van der Waals surface area contributed by atoms with Crippen molar-refractivity contribution in [2.75, 3.05) is 11.1 Å². The summed E-state index contributed by atoms with van der Waals surface area (Å²) in [5.74, 6) is 0.895. The monoisotopic (exact) mass is 381 g/mol. The largest absolute Gasteiger partial charge is 0.448 e. The van der Waals surface area contributed by atoms with Crippen LogP contribution in [0.25, 0.3) is 0 Å². The Morgan fingerprint density at radius 1 is 1.22 bits per heavy atom. The second-order valence-electron chi connectivity index (χ2n) is 6.64. The number of benzene rings is 1. The number of hydrogen-bond acceptors (Lipinski definition) is 6. The number of ether oxygens (including phenoxy) is 2. The van der Waals surface area contributed by atoms with Gasteiger partial charge in [-0.3, -0.25) is 4.79 Å². The maximum Gasteiger partial charge on any atom is 0.251 e. The number of thioether (sulfide) groups is 1. The highest BCUT2D eigenvalue weighted by molar-refractivity contribution is 8.00. The van der Waals surface area contributed by atoms with Crippen molar-refractivity contribution in [1.29, 1.82) is 5.26 Å². The van der Waals surface area contributed by atoms with E-state index >= 15 is 0 Å². The van der Waals surface area contributed by atoms with Gasteiger partial charge in [-0.15, -0.1) is 0 Å². The highest BCUT2D eigenvalue weighted by Crippen LogP contribution is 2.46. The molecule has 0 radical (unpaired) electrons. The number of nitrogens with zero attached hydrogens (tertiary/aromatic N) is 2. The van der Waals surface area contributed by atoms with Crippen LogP contribution in [0.5, 0.6) is 11.5 Å². The molecule has 1 aromatic carbocycles. The third kappa shape index (κ3) is 3.86. The molecule has 2 aromatic rings. The Bertz CT molecular complexity index is 904.